The van der Waals surface area contributed by atoms with Crippen LogP contribution in [0.4, 0.5) is 0 Å². The van der Waals surface area contributed by atoms with Gasteiger partial charge in [-0.15, -0.1) is 0 Å². The standard InChI is InChI=1S/C29H29NO5/c1-20(23-7-5-4-6-8-23)30-24(13-9-21-11-15-26(32)28(17-21)34-2)19-25(31)14-10-22-12-16-27(33)29(18-22)35-3/h4-20,30,32-33H,1-3H3/b13-9+,14-10+,24-19-. The number of hydrogen-bond acceptors (Lipinski definition) is 6. The summed E-state index contributed by atoms with van der Waals surface area (Å²) in [5.41, 5.74) is 3.22. The molecule has 1 atom stereocenters. The smallest absolute Gasteiger partial charge is 0.180 e. The molecule has 3 aromatic rings. The van der Waals surface area contributed by atoms with Crippen molar-refractivity contribution in [3.05, 3.63) is 107 Å². The number of nitrogens with one attached hydrogen (secondary N) is 1. The van der Waals surface area contributed by atoms with Crippen molar-refractivity contribution in [3.63, 3.8) is 0 Å². The molecule has 0 saturated heterocycles. The third-order valence-electron chi connectivity index (χ3n) is 5.28. The molecule has 0 aliphatic rings. The molecule has 0 saturated carbocycles. The van der Waals surface area contributed by atoms with Crippen molar-refractivity contribution >= 4 is 17.9 Å². The molecule has 0 aliphatic heterocycles. The minimum Gasteiger partial charge on any atom is -0.504 e. The first-order chi connectivity index (χ1) is 16.9. The zero-order valence-corrected chi connectivity index (χ0v) is 19.9. The fourth-order valence-corrected chi connectivity index (χ4v) is 3.37. The molecule has 0 fully saturated rings. The van der Waals surface area contributed by atoms with Crippen LogP contribution in [0, 0.1) is 0 Å². The minimum atomic E-state index is -0.215. The van der Waals surface area contributed by atoms with Crippen LogP contribution in [-0.2, 0) is 4.79 Å². The molecule has 0 aromatic heterocycles. The Hall–Kier alpha value is -4.45. The number of aromatic hydroxyl groups is 2. The maximum absolute atomic E-state index is 12.8. The number of methoxy groups -OCH3 is 2. The highest BCUT2D eigenvalue weighted by molar-refractivity contribution is 6.02. The van der Waals surface area contributed by atoms with Crippen molar-refractivity contribution in [1.82, 2.24) is 5.32 Å². The number of ether oxygens (including phenoxy) is 2. The lowest BCUT2D eigenvalue weighted by Crippen LogP contribution is -2.17. The van der Waals surface area contributed by atoms with Gasteiger partial charge in [-0.05, 0) is 60.0 Å². The summed E-state index contributed by atoms with van der Waals surface area (Å²) in [5.74, 6) is 0.580. The van der Waals surface area contributed by atoms with Crippen LogP contribution in [-0.4, -0.2) is 30.2 Å². The summed E-state index contributed by atoms with van der Waals surface area (Å²) in [6, 6.07) is 19.8. The minimum absolute atomic E-state index is 0.0354. The highest BCUT2D eigenvalue weighted by atomic mass is 16.5. The number of rotatable bonds is 10. The predicted molar refractivity (Wildman–Crippen MR) is 138 cm³/mol. The number of phenolic OH excluding ortho intramolecular Hbond substituents is 2. The summed E-state index contributed by atoms with van der Waals surface area (Å²) < 4.78 is 10.3. The maximum Gasteiger partial charge on any atom is 0.180 e. The number of benzene rings is 3. The van der Waals surface area contributed by atoms with Crippen LogP contribution in [0.5, 0.6) is 23.0 Å². The number of phenols is 2. The summed E-state index contributed by atoms with van der Waals surface area (Å²) >= 11 is 0. The van der Waals surface area contributed by atoms with E-state index in [1.54, 1.807) is 42.5 Å². The molecule has 0 bridgehead atoms. The molecule has 0 radical (unpaired) electrons. The Bertz CT molecular complexity index is 1250. The van der Waals surface area contributed by atoms with E-state index in [9.17, 15) is 15.0 Å². The molecule has 35 heavy (non-hydrogen) atoms. The Balaban J connectivity index is 1.85. The third-order valence-corrected chi connectivity index (χ3v) is 5.28. The van der Waals surface area contributed by atoms with Crippen molar-refractivity contribution in [2.24, 2.45) is 0 Å². The molecular formula is C29H29NO5. The van der Waals surface area contributed by atoms with Gasteiger partial charge < -0.3 is 25.0 Å². The normalized spacial score (nSPS) is 12.6. The van der Waals surface area contributed by atoms with Gasteiger partial charge in [0.15, 0.2) is 28.8 Å². The van der Waals surface area contributed by atoms with Crippen LogP contribution in [0.3, 0.4) is 0 Å². The van der Waals surface area contributed by atoms with Gasteiger partial charge in [-0.25, -0.2) is 0 Å². The van der Waals surface area contributed by atoms with Gasteiger partial charge in [0.05, 0.1) is 14.2 Å². The second-order valence-electron chi connectivity index (χ2n) is 7.81. The SMILES string of the molecule is COc1cc(/C=C/C(=O)/C=C(/C=C/c2ccc(O)c(OC)c2)NC(C)c2ccccc2)ccc1O. The zero-order valence-electron chi connectivity index (χ0n) is 19.9. The average Bonchev–Trinajstić information content (AvgIpc) is 2.88. The van der Waals surface area contributed by atoms with Crippen LogP contribution >= 0.6 is 0 Å². The fraction of sp³-hybridized carbons (Fsp3) is 0.138. The van der Waals surface area contributed by atoms with Gasteiger partial charge in [0.2, 0.25) is 0 Å². The lowest BCUT2D eigenvalue weighted by Gasteiger charge is -2.16. The quantitative estimate of drug-likeness (QED) is 0.262. The van der Waals surface area contributed by atoms with Crippen molar-refractivity contribution in [2.75, 3.05) is 14.2 Å². The van der Waals surface area contributed by atoms with Crippen LogP contribution in [0.15, 0.2) is 90.7 Å². The maximum atomic E-state index is 12.8. The molecule has 3 N–H and O–H groups in total. The van der Waals surface area contributed by atoms with Crippen LogP contribution < -0.4 is 14.8 Å². The highest BCUT2D eigenvalue weighted by Crippen LogP contribution is 2.28. The van der Waals surface area contributed by atoms with Gasteiger partial charge >= 0.3 is 0 Å². The number of hydrogen-bond donors (Lipinski definition) is 3. The predicted octanol–water partition coefficient (Wildman–Crippen LogP) is 5.65. The van der Waals surface area contributed by atoms with Gasteiger partial charge in [-0.2, -0.15) is 0 Å². The summed E-state index contributed by atoms with van der Waals surface area (Å²) in [6.45, 7) is 2.02. The largest absolute Gasteiger partial charge is 0.504 e. The average molecular weight is 472 g/mol. The number of carbonyl (C=O) groups is 1. The molecule has 0 aliphatic carbocycles. The Labute approximate surface area is 205 Å². The highest BCUT2D eigenvalue weighted by Gasteiger charge is 2.07. The van der Waals surface area contributed by atoms with Crippen molar-refractivity contribution < 1.29 is 24.5 Å². The van der Waals surface area contributed by atoms with Crippen LogP contribution in [0.2, 0.25) is 0 Å². The third kappa shape index (κ3) is 7.27. The fourth-order valence-electron chi connectivity index (χ4n) is 3.37. The van der Waals surface area contributed by atoms with E-state index in [0.29, 0.717) is 17.2 Å². The van der Waals surface area contributed by atoms with E-state index in [1.807, 2.05) is 43.3 Å². The van der Waals surface area contributed by atoms with E-state index in [1.165, 1.54) is 32.4 Å². The van der Waals surface area contributed by atoms with Gasteiger partial charge in [-0.1, -0.05) is 54.6 Å². The van der Waals surface area contributed by atoms with E-state index in [2.05, 4.69) is 5.32 Å². The van der Waals surface area contributed by atoms with Crippen molar-refractivity contribution in [1.29, 1.82) is 0 Å². The molecule has 3 rings (SSSR count). The van der Waals surface area contributed by atoms with Gasteiger partial charge in [-0.3, -0.25) is 4.79 Å². The van der Waals surface area contributed by atoms with E-state index in [4.69, 9.17) is 9.47 Å². The van der Waals surface area contributed by atoms with E-state index >= 15 is 0 Å². The van der Waals surface area contributed by atoms with E-state index in [-0.39, 0.29) is 23.3 Å². The molecule has 0 heterocycles. The summed E-state index contributed by atoms with van der Waals surface area (Å²) in [5, 5.41) is 23.0. The lowest BCUT2D eigenvalue weighted by molar-refractivity contribution is -0.110. The number of carbonyl (C=O) groups excluding carboxylic acids is 1. The topological polar surface area (TPSA) is 88.0 Å². The first-order valence-electron chi connectivity index (χ1n) is 11.1. The monoisotopic (exact) mass is 471 g/mol. The zero-order chi connectivity index (χ0) is 25.2. The van der Waals surface area contributed by atoms with Gasteiger partial charge in [0.1, 0.15) is 0 Å². The number of ketones is 1. The molecule has 1 unspecified atom stereocenters. The Kier molecular flexibility index (Phi) is 8.73. The molecule has 0 amide bonds. The van der Waals surface area contributed by atoms with E-state index in [0.717, 1.165) is 16.7 Å². The van der Waals surface area contributed by atoms with E-state index < -0.39 is 0 Å². The number of allylic oxidation sites excluding steroid dienone is 3. The molecule has 6 nitrogen and oxygen atoms in total. The second-order valence-corrected chi connectivity index (χ2v) is 7.81. The molecule has 0 spiro atoms. The molecule has 6 heteroatoms. The van der Waals surface area contributed by atoms with Crippen molar-refractivity contribution in [3.8, 4) is 23.0 Å². The first-order valence-corrected chi connectivity index (χ1v) is 11.1. The second kappa shape index (κ2) is 12.1. The van der Waals surface area contributed by atoms with Crippen LogP contribution in [0.1, 0.15) is 29.7 Å². The summed E-state index contributed by atoms with van der Waals surface area (Å²) in [7, 11) is 2.96. The Morgan fingerprint density at radius 1 is 0.829 bits per heavy atom. The van der Waals surface area contributed by atoms with Crippen LogP contribution in [0.25, 0.3) is 12.2 Å². The van der Waals surface area contributed by atoms with Gasteiger partial charge in [0, 0.05) is 17.8 Å². The Morgan fingerprint density at radius 2 is 1.37 bits per heavy atom. The molecular weight excluding hydrogens is 442 g/mol. The van der Waals surface area contributed by atoms with Crippen molar-refractivity contribution in [2.45, 2.75) is 13.0 Å². The summed E-state index contributed by atoms with van der Waals surface area (Å²) in [6.07, 6.45) is 8.27. The molecule has 180 valence electrons. The molecule has 3 aromatic carbocycles. The Morgan fingerprint density at radius 3 is 1.91 bits per heavy atom. The van der Waals surface area contributed by atoms with Gasteiger partial charge in [0.25, 0.3) is 0 Å². The summed E-state index contributed by atoms with van der Waals surface area (Å²) in [4.78, 5) is 12.8. The first kappa shape index (κ1) is 25.2. The lowest BCUT2D eigenvalue weighted by atomic mass is 10.1.